The summed E-state index contributed by atoms with van der Waals surface area (Å²) in [4.78, 5) is 22.9. The molecule has 0 aliphatic rings. The summed E-state index contributed by atoms with van der Waals surface area (Å²) in [5.74, 6) is -0.721. The first kappa shape index (κ1) is 14.0. The standard InChI is InChI=1S/C13H17NO4/c1-3-8-18-13(17)12(14-9(2)15)10-4-6-11(16)7-5-10/h4-7,12,16H,3,8H2,1-2H3,(H,14,15). The maximum Gasteiger partial charge on any atom is 0.333 e. The minimum Gasteiger partial charge on any atom is -0.508 e. The Bertz CT molecular complexity index is 414. The molecule has 0 heterocycles. The van der Waals surface area contributed by atoms with E-state index in [0.717, 1.165) is 0 Å². The van der Waals surface area contributed by atoms with Gasteiger partial charge in [0.1, 0.15) is 5.75 Å². The molecule has 0 aromatic heterocycles. The molecule has 0 aliphatic carbocycles. The Balaban J connectivity index is 2.86. The zero-order valence-electron chi connectivity index (χ0n) is 10.5. The normalized spacial score (nSPS) is 11.7. The average Bonchev–Trinajstić information content (AvgIpc) is 2.34. The van der Waals surface area contributed by atoms with Gasteiger partial charge in [-0.05, 0) is 24.1 Å². The Morgan fingerprint density at radius 3 is 2.44 bits per heavy atom. The van der Waals surface area contributed by atoms with E-state index in [4.69, 9.17) is 4.74 Å². The predicted molar refractivity (Wildman–Crippen MR) is 65.9 cm³/mol. The van der Waals surface area contributed by atoms with Crippen LogP contribution in [0, 0.1) is 0 Å². The van der Waals surface area contributed by atoms with Crippen molar-refractivity contribution in [2.45, 2.75) is 26.3 Å². The molecular formula is C13H17NO4. The molecule has 0 bridgehead atoms. The minimum atomic E-state index is -0.838. The summed E-state index contributed by atoms with van der Waals surface area (Å²) in [7, 11) is 0. The van der Waals surface area contributed by atoms with E-state index in [2.05, 4.69) is 5.32 Å². The third-order valence-corrected chi connectivity index (χ3v) is 2.26. The van der Waals surface area contributed by atoms with Crippen LogP contribution in [-0.4, -0.2) is 23.6 Å². The van der Waals surface area contributed by atoms with Crippen LogP contribution in [0.1, 0.15) is 31.9 Å². The van der Waals surface area contributed by atoms with Gasteiger partial charge in [0, 0.05) is 6.92 Å². The number of phenolic OH excluding ortho intramolecular Hbond substituents is 1. The minimum absolute atomic E-state index is 0.0993. The molecule has 0 fully saturated rings. The second kappa shape index (κ2) is 6.64. The largest absolute Gasteiger partial charge is 0.508 e. The van der Waals surface area contributed by atoms with Crippen LogP contribution >= 0.6 is 0 Å². The number of phenols is 1. The molecular weight excluding hydrogens is 234 g/mol. The lowest BCUT2D eigenvalue weighted by molar-refractivity contribution is -0.148. The van der Waals surface area contributed by atoms with Crippen molar-refractivity contribution < 1.29 is 19.4 Å². The highest BCUT2D eigenvalue weighted by Crippen LogP contribution is 2.18. The SMILES string of the molecule is CCCOC(=O)C(NC(C)=O)c1ccc(O)cc1. The second-order valence-electron chi connectivity index (χ2n) is 3.89. The van der Waals surface area contributed by atoms with Crippen LogP contribution in [0.25, 0.3) is 0 Å². The third-order valence-electron chi connectivity index (χ3n) is 2.26. The van der Waals surface area contributed by atoms with Crippen molar-refractivity contribution in [3.8, 4) is 5.75 Å². The van der Waals surface area contributed by atoms with Gasteiger partial charge in [0.25, 0.3) is 0 Å². The molecule has 1 amide bonds. The number of hydrogen-bond donors (Lipinski definition) is 2. The summed E-state index contributed by atoms with van der Waals surface area (Å²) in [5, 5.41) is 11.7. The summed E-state index contributed by atoms with van der Waals surface area (Å²) in [6.45, 7) is 3.54. The number of nitrogens with one attached hydrogen (secondary N) is 1. The molecule has 0 spiro atoms. The van der Waals surface area contributed by atoms with E-state index in [0.29, 0.717) is 18.6 Å². The van der Waals surface area contributed by atoms with Gasteiger partial charge in [0.2, 0.25) is 5.91 Å². The van der Waals surface area contributed by atoms with Gasteiger partial charge in [-0.3, -0.25) is 4.79 Å². The van der Waals surface area contributed by atoms with E-state index in [-0.39, 0.29) is 11.7 Å². The number of carbonyl (C=O) groups excluding carboxylic acids is 2. The van der Waals surface area contributed by atoms with Crippen molar-refractivity contribution in [1.29, 1.82) is 0 Å². The second-order valence-corrected chi connectivity index (χ2v) is 3.89. The number of esters is 1. The molecule has 1 aromatic rings. The van der Waals surface area contributed by atoms with Crippen LogP contribution in [0.3, 0.4) is 0 Å². The van der Waals surface area contributed by atoms with Crippen molar-refractivity contribution in [3.63, 3.8) is 0 Å². The topological polar surface area (TPSA) is 75.6 Å². The molecule has 5 nitrogen and oxygen atoms in total. The Kier molecular flexibility index (Phi) is 5.17. The van der Waals surface area contributed by atoms with E-state index >= 15 is 0 Å². The van der Waals surface area contributed by atoms with Crippen molar-refractivity contribution in [1.82, 2.24) is 5.32 Å². The van der Waals surface area contributed by atoms with Gasteiger partial charge in [-0.2, -0.15) is 0 Å². The zero-order chi connectivity index (χ0) is 13.5. The highest BCUT2D eigenvalue weighted by Gasteiger charge is 2.22. The molecule has 0 saturated carbocycles. The number of hydrogen-bond acceptors (Lipinski definition) is 4. The number of rotatable bonds is 5. The zero-order valence-corrected chi connectivity index (χ0v) is 10.5. The Morgan fingerprint density at radius 2 is 1.94 bits per heavy atom. The molecule has 0 saturated heterocycles. The van der Waals surface area contributed by atoms with Gasteiger partial charge in [0.05, 0.1) is 6.61 Å². The molecule has 5 heteroatoms. The quantitative estimate of drug-likeness (QED) is 0.778. The monoisotopic (exact) mass is 251 g/mol. The van der Waals surface area contributed by atoms with Crippen LogP contribution in [0.2, 0.25) is 0 Å². The Labute approximate surface area is 106 Å². The number of carbonyl (C=O) groups is 2. The van der Waals surface area contributed by atoms with Gasteiger partial charge in [0.15, 0.2) is 6.04 Å². The fraction of sp³-hybridized carbons (Fsp3) is 0.385. The van der Waals surface area contributed by atoms with Gasteiger partial charge < -0.3 is 15.2 Å². The molecule has 1 unspecified atom stereocenters. The molecule has 18 heavy (non-hydrogen) atoms. The van der Waals surface area contributed by atoms with Crippen LogP contribution in [0.5, 0.6) is 5.75 Å². The van der Waals surface area contributed by atoms with Gasteiger partial charge >= 0.3 is 5.97 Å². The van der Waals surface area contributed by atoms with E-state index < -0.39 is 12.0 Å². The number of aromatic hydroxyl groups is 1. The predicted octanol–water partition coefficient (Wildman–Crippen LogP) is 1.52. The molecule has 0 radical (unpaired) electrons. The molecule has 1 atom stereocenters. The Hall–Kier alpha value is -2.04. The van der Waals surface area contributed by atoms with Crippen LogP contribution < -0.4 is 5.32 Å². The van der Waals surface area contributed by atoms with Crippen LogP contribution in [-0.2, 0) is 14.3 Å². The smallest absolute Gasteiger partial charge is 0.333 e. The average molecular weight is 251 g/mol. The lowest BCUT2D eigenvalue weighted by Crippen LogP contribution is -2.33. The van der Waals surface area contributed by atoms with Gasteiger partial charge in [-0.1, -0.05) is 19.1 Å². The van der Waals surface area contributed by atoms with E-state index in [9.17, 15) is 14.7 Å². The summed E-state index contributed by atoms with van der Waals surface area (Å²) in [6.07, 6.45) is 0.716. The lowest BCUT2D eigenvalue weighted by atomic mass is 10.1. The molecule has 1 aromatic carbocycles. The fourth-order valence-electron chi connectivity index (χ4n) is 1.43. The lowest BCUT2D eigenvalue weighted by Gasteiger charge is -2.17. The first-order chi connectivity index (χ1) is 8.54. The molecule has 98 valence electrons. The molecule has 2 N–H and O–H groups in total. The van der Waals surface area contributed by atoms with Crippen molar-refractivity contribution in [2.75, 3.05) is 6.61 Å². The van der Waals surface area contributed by atoms with Crippen molar-refractivity contribution >= 4 is 11.9 Å². The number of amides is 1. The molecule has 1 rings (SSSR count). The maximum atomic E-state index is 11.8. The number of ether oxygens (including phenoxy) is 1. The van der Waals surface area contributed by atoms with E-state index in [1.54, 1.807) is 12.1 Å². The summed E-state index contributed by atoms with van der Waals surface area (Å²) in [6, 6.07) is 5.22. The highest BCUT2D eigenvalue weighted by molar-refractivity contribution is 5.84. The highest BCUT2D eigenvalue weighted by atomic mass is 16.5. The van der Waals surface area contributed by atoms with Crippen molar-refractivity contribution in [3.05, 3.63) is 29.8 Å². The first-order valence-corrected chi connectivity index (χ1v) is 5.77. The van der Waals surface area contributed by atoms with E-state index in [1.807, 2.05) is 6.92 Å². The van der Waals surface area contributed by atoms with Gasteiger partial charge in [-0.25, -0.2) is 4.79 Å². The van der Waals surface area contributed by atoms with Crippen molar-refractivity contribution in [2.24, 2.45) is 0 Å². The first-order valence-electron chi connectivity index (χ1n) is 5.77. The summed E-state index contributed by atoms with van der Waals surface area (Å²) < 4.78 is 5.02. The summed E-state index contributed by atoms with van der Waals surface area (Å²) in [5.41, 5.74) is 0.573. The molecule has 0 aliphatic heterocycles. The fourth-order valence-corrected chi connectivity index (χ4v) is 1.43. The number of benzene rings is 1. The van der Waals surface area contributed by atoms with Gasteiger partial charge in [-0.15, -0.1) is 0 Å². The third kappa shape index (κ3) is 4.08. The van der Waals surface area contributed by atoms with Crippen LogP contribution in [0.15, 0.2) is 24.3 Å². The van der Waals surface area contributed by atoms with E-state index in [1.165, 1.54) is 19.1 Å². The summed E-state index contributed by atoms with van der Waals surface area (Å²) >= 11 is 0. The van der Waals surface area contributed by atoms with Crippen LogP contribution in [0.4, 0.5) is 0 Å². The Morgan fingerprint density at radius 1 is 1.33 bits per heavy atom. The maximum absolute atomic E-state index is 11.8.